The number of carbonyl (C=O) groups is 2. The number of hydrogen-bond acceptors (Lipinski definition) is 3. The topological polar surface area (TPSA) is 67.4 Å². The van der Waals surface area contributed by atoms with E-state index in [0.29, 0.717) is 29.5 Å². The summed E-state index contributed by atoms with van der Waals surface area (Å²) in [5.74, 6) is 0.587. The molecule has 0 saturated carbocycles. The molecule has 0 saturated heterocycles. The molecular formula is C22H28N2O3. The van der Waals surface area contributed by atoms with E-state index < -0.39 is 0 Å². The Kier molecular flexibility index (Phi) is 7.86. The Labute approximate surface area is 161 Å². The van der Waals surface area contributed by atoms with Gasteiger partial charge >= 0.3 is 0 Å². The minimum Gasteiger partial charge on any atom is -0.484 e. The Morgan fingerprint density at radius 2 is 1.74 bits per heavy atom. The molecule has 0 atom stereocenters. The molecule has 0 radical (unpaired) electrons. The van der Waals surface area contributed by atoms with Crippen molar-refractivity contribution in [1.82, 2.24) is 5.32 Å². The molecule has 0 bridgehead atoms. The number of carbonyl (C=O) groups excluding carboxylic acids is 2. The van der Waals surface area contributed by atoms with Gasteiger partial charge in [0.2, 0.25) is 0 Å². The zero-order chi connectivity index (χ0) is 19.6. The van der Waals surface area contributed by atoms with Crippen molar-refractivity contribution in [2.75, 3.05) is 18.5 Å². The summed E-state index contributed by atoms with van der Waals surface area (Å²) in [6, 6.07) is 14.7. The van der Waals surface area contributed by atoms with Crippen LogP contribution in [0.2, 0.25) is 0 Å². The third-order valence-corrected chi connectivity index (χ3v) is 4.18. The normalized spacial score (nSPS) is 10.5. The van der Waals surface area contributed by atoms with Crippen LogP contribution in [0.25, 0.3) is 0 Å². The first-order chi connectivity index (χ1) is 13.0. The lowest BCUT2D eigenvalue weighted by molar-refractivity contribution is -0.118. The molecule has 0 aliphatic heterocycles. The maximum Gasteiger partial charge on any atom is 0.262 e. The van der Waals surface area contributed by atoms with E-state index in [9.17, 15) is 9.59 Å². The Morgan fingerprint density at radius 3 is 2.41 bits per heavy atom. The third kappa shape index (κ3) is 6.44. The van der Waals surface area contributed by atoms with E-state index in [1.54, 1.807) is 24.3 Å². The Balaban J connectivity index is 1.92. The van der Waals surface area contributed by atoms with Crippen molar-refractivity contribution >= 4 is 17.5 Å². The van der Waals surface area contributed by atoms with E-state index in [0.717, 1.165) is 12.8 Å². The van der Waals surface area contributed by atoms with Crippen LogP contribution in [-0.2, 0) is 4.79 Å². The lowest BCUT2D eigenvalue weighted by Crippen LogP contribution is -2.27. The fraction of sp³-hybridized carbons (Fsp3) is 0.364. The van der Waals surface area contributed by atoms with Gasteiger partial charge in [-0.25, -0.2) is 0 Å². The van der Waals surface area contributed by atoms with Crippen LogP contribution < -0.4 is 15.4 Å². The van der Waals surface area contributed by atoms with Crippen molar-refractivity contribution in [2.45, 2.75) is 39.5 Å². The number of amides is 2. The summed E-state index contributed by atoms with van der Waals surface area (Å²) in [7, 11) is 0. The predicted octanol–water partition coefficient (Wildman–Crippen LogP) is 4.36. The molecule has 0 unspecified atom stereocenters. The van der Waals surface area contributed by atoms with Crippen LogP contribution in [0.1, 0.15) is 55.5 Å². The van der Waals surface area contributed by atoms with Crippen molar-refractivity contribution in [3.63, 3.8) is 0 Å². The van der Waals surface area contributed by atoms with E-state index in [1.165, 1.54) is 5.56 Å². The van der Waals surface area contributed by atoms with Gasteiger partial charge in [0.25, 0.3) is 11.8 Å². The molecule has 2 aromatic rings. The van der Waals surface area contributed by atoms with Gasteiger partial charge in [-0.2, -0.15) is 0 Å². The van der Waals surface area contributed by atoms with Gasteiger partial charge < -0.3 is 15.4 Å². The lowest BCUT2D eigenvalue weighted by atomic mass is 10.0. The van der Waals surface area contributed by atoms with Gasteiger partial charge in [0.1, 0.15) is 5.75 Å². The van der Waals surface area contributed by atoms with Crippen LogP contribution in [-0.4, -0.2) is 25.0 Å². The minimum atomic E-state index is -0.309. The molecule has 2 N–H and O–H groups in total. The van der Waals surface area contributed by atoms with Crippen molar-refractivity contribution in [1.29, 1.82) is 0 Å². The maximum absolute atomic E-state index is 12.3. The summed E-state index contributed by atoms with van der Waals surface area (Å²) in [5, 5.41) is 5.62. The average Bonchev–Trinajstić information content (AvgIpc) is 2.67. The molecule has 0 aliphatic rings. The molecule has 27 heavy (non-hydrogen) atoms. The number of hydrogen-bond donors (Lipinski definition) is 2. The van der Waals surface area contributed by atoms with E-state index in [2.05, 4.69) is 31.4 Å². The minimum absolute atomic E-state index is 0.118. The molecule has 0 aromatic heterocycles. The lowest BCUT2D eigenvalue weighted by Gasteiger charge is -2.12. The Bertz CT molecular complexity index is 754. The zero-order valence-corrected chi connectivity index (χ0v) is 16.2. The number of nitrogens with one attached hydrogen (secondary N) is 2. The summed E-state index contributed by atoms with van der Waals surface area (Å²) in [6.45, 7) is 6.81. The van der Waals surface area contributed by atoms with Gasteiger partial charge in [-0.1, -0.05) is 51.5 Å². The van der Waals surface area contributed by atoms with Gasteiger partial charge in [0.05, 0.1) is 11.3 Å². The van der Waals surface area contributed by atoms with Crippen LogP contribution in [0.4, 0.5) is 5.69 Å². The Morgan fingerprint density at radius 1 is 1.04 bits per heavy atom. The van der Waals surface area contributed by atoms with Crippen LogP contribution in [0.3, 0.4) is 0 Å². The fourth-order valence-electron chi connectivity index (χ4n) is 2.55. The largest absolute Gasteiger partial charge is 0.484 e. The highest BCUT2D eigenvalue weighted by molar-refractivity contribution is 6.04. The molecule has 144 valence electrons. The van der Waals surface area contributed by atoms with E-state index >= 15 is 0 Å². The maximum atomic E-state index is 12.3. The van der Waals surface area contributed by atoms with Crippen LogP contribution in [0, 0.1) is 0 Å². The van der Waals surface area contributed by atoms with Crippen molar-refractivity contribution in [3.8, 4) is 5.75 Å². The van der Waals surface area contributed by atoms with Gasteiger partial charge in [0, 0.05) is 6.54 Å². The van der Waals surface area contributed by atoms with Gasteiger partial charge in [-0.3, -0.25) is 9.59 Å². The molecule has 0 heterocycles. The third-order valence-electron chi connectivity index (χ3n) is 4.18. The highest BCUT2D eigenvalue weighted by atomic mass is 16.5. The number of rotatable bonds is 9. The second-order valence-electron chi connectivity index (χ2n) is 6.72. The first-order valence-electron chi connectivity index (χ1n) is 9.41. The number of ether oxygens (including phenoxy) is 1. The molecule has 2 amide bonds. The van der Waals surface area contributed by atoms with Crippen LogP contribution in [0.5, 0.6) is 5.75 Å². The Hall–Kier alpha value is -2.82. The number of anilines is 1. The van der Waals surface area contributed by atoms with Gasteiger partial charge in [-0.05, 0) is 42.2 Å². The fourth-order valence-corrected chi connectivity index (χ4v) is 2.55. The summed E-state index contributed by atoms with van der Waals surface area (Å²) < 4.78 is 5.54. The van der Waals surface area contributed by atoms with Crippen molar-refractivity contribution in [2.24, 2.45) is 0 Å². The van der Waals surface area contributed by atoms with Gasteiger partial charge in [-0.15, -0.1) is 0 Å². The van der Waals surface area contributed by atoms with Crippen LogP contribution >= 0.6 is 0 Å². The standard InChI is InChI=1S/C22H28N2O3/c1-4-5-14-23-22(26)19-8-6-7-9-20(19)24-21(25)15-27-18-12-10-17(11-13-18)16(2)3/h6-13,16H,4-5,14-15H2,1-3H3,(H,23,26)(H,24,25). The second-order valence-corrected chi connectivity index (χ2v) is 6.72. The summed E-state index contributed by atoms with van der Waals surface area (Å²) in [6.07, 6.45) is 1.93. The predicted molar refractivity (Wildman–Crippen MR) is 108 cm³/mol. The summed E-state index contributed by atoms with van der Waals surface area (Å²) in [4.78, 5) is 24.5. The van der Waals surface area contributed by atoms with Crippen molar-refractivity contribution < 1.29 is 14.3 Å². The monoisotopic (exact) mass is 368 g/mol. The quantitative estimate of drug-likeness (QED) is 0.646. The van der Waals surface area contributed by atoms with Gasteiger partial charge in [0.15, 0.2) is 6.61 Å². The SMILES string of the molecule is CCCCNC(=O)c1ccccc1NC(=O)COc1ccc(C(C)C)cc1. The summed E-state index contributed by atoms with van der Waals surface area (Å²) >= 11 is 0. The number of benzene rings is 2. The first-order valence-corrected chi connectivity index (χ1v) is 9.41. The zero-order valence-electron chi connectivity index (χ0n) is 16.2. The second kappa shape index (κ2) is 10.4. The molecule has 0 aliphatic carbocycles. The first kappa shape index (κ1) is 20.5. The average molecular weight is 368 g/mol. The van der Waals surface area contributed by atoms with E-state index in [-0.39, 0.29) is 18.4 Å². The molecule has 5 nitrogen and oxygen atoms in total. The van der Waals surface area contributed by atoms with E-state index in [4.69, 9.17) is 4.74 Å². The molecule has 5 heteroatoms. The molecular weight excluding hydrogens is 340 g/mol. The molecule has 2 aromatic carbocycles. The number of unbranched alkanes of at least 4 members (excludes halogenated alkanes) is 1. The highest BCUT2D eigenvalue weighted by Gasteiger charge is 2.13. The van der Waals surface area contributed by atoms with Crippen molar-refractivity contribution in [3.05, 3.63) is 59.7 Å². The van der Waals surface area contributed by atoms with E-state index in [1.807, 2.05) is 24.3 Å². The molecule has 0 spiro atoms. The molecule has 0 fully saturated rings. The van der Waals surface area contributed by atoms with Crippen LogP contribution in [0.15, 0.2) is 48.5 Å². The number of para-hydroxylation sites is 1. The smallest absolute Gasteiger partial charge is 0.262 e. The molecule has 2 rings (SSSR count). The highest BCUT2D eigenvalue weighted by Crippen LogP contribution is 2.19. The summed E-state index contributed by atoms with van der Waals surface area (Å²) in [5.41, 5.74) is 2.15.